The molecule has 1 N–H and O–H groups in total. The van der Waals surface area contributed by atoms with Crippen molar-refractivity contribution in [2.45, 2.75) is 56.9 Å². The molecule has 9 heteroatoms. The Hall–Kier alpha value is -0.860. The molecule has 1 fully saturated rings. The molecule has 0 spiro atoms. The number of rotatable bonds is 11. The van der Waals surface area contributed by atoms with Gasteiger partial charge in [0.05, 0.1) is 4.90 Å². The standard InChI is InChI=1S/C22H37N3O3S.2ClH/c1-4-14-24(15-5-6-16-25-17-13-23-12-11-22(25)26)19(2)18-20-7-9-21(10-8-20)29(3,27)28;;/h7-10,19,23H,4-6,11-18H2,1-3H3;2*1H/t19-;;/m0../s1. The van der Waals surface area contributed by atoms with Gasteiger partial charge in [0.2, 0.25) is 5.91 Å². The van der Waals surface area contributed by atoms with Gasteiger partial charge in [0.15, 0.2) is 9.84 Å². The quantitative estimate of drug-likeness (QED) is 0.477. The van der Waals surface area contributed by atoms with Crippen molar-refractivity contribution < 1.29 is 13.2 Å². The fraction of sp³-hybridized carbons (Fsp3) is 0.682. The molecule has 1 aromatic carbocycles. The van der Waals surface area contributed by atoms with E-state index in [0.29, 0.717) is 17.4 Å². The summed E-state index contributed by atoms with van der Waals surface area (Å²) >= 11 is 0. The maximum atomic E-state index is 12.1. The molecule has 1 heterocycles. The third kappa shape index (κ3) is 10.5. The van der Waals surface area contributed by atoms with Crippen LogP contribution in [-0.2, 0) is 21.1 Å². The zero-order valence-corrected chi connectivity index (χ0v) is 21.5. The lowest BCUT2D eigenvalue weighted by Crippen LogP contribution is -2.37. The highest BCUT2D eigenvalue weighted by Crippen LogP contribution is 2.15. The van der Waals surface area contributed by atoms with Gasteiger partial charge in [-0.2, -0.15) is 0 Å². The zero-order valence-electron chi connectivity index (χ0n) is 19.0. The fourth-order valence-corrected chi connectivity index (χ4v) is 4.48. The molecule has 1 aliphatic rings. The predicted octanol–water partition coefficient (Wildman–Crippen LogP) is 3.18. The lowest BCUT2D eigenvalue weighted by molar-refractivity contribution is -0.130. The Kier molecular flexibility index (Phi) is 14.6. The van der Waals surface area contributed by atoms with E-state index in [1.165, 1.54) is 6.26 Å². The first-order valence-corrected chi connectivity index (χ1v) is 12.7. The SMILES string of the molecule is CCCN(CCCCN1CCNCCC1=O)[C@@H](C)Cc1ccc(S(C)(=O)=O)cc1.Cl.Cl. The normalized spacial score (nSPS) is 15.7. The van der Waals surface area contributed by atoms with E-state index >= 15 is 0 Å². The van der Waals surface area contributed by atoms with Crippen molar-refractivity contribution in [3.05, 3.63) is 29.8 Å². The minimum absolute atomic E-state index is 0. The number of halogens is 2. The first kappa shape index (κ1) is 30.1. The summed E-state index contributed by atoms with van der Waals surface area (Å²) in [5.41, 5.74) is 1.16. The molecule has 1 saturated heterocycles. The first-order chi connectivity index (χ1) is 13.8. The average Bonchev–Trinajstić information content (AvgIpc) is 2.88. The Labute approximate surface area is 200 Å². The summed E-state index contributed by atoms with van der Waals surface area (Å²) in [7, 11) is -3.15. The van der Waals surface area contributed by atoms with E-state index in [2.05, 4.69) is 24.1 Å². The maximum absolute atomic E-state index is 12.1. The Balaban J connectivity index is 0.00000450. The number of amides is 1. The highest BCUT2D eigenvalue weighted by Gasteiger charge is 2.17. The maximum Gasteiger partial charge on any atom is 0.223 e. The number of nitrogens with one attached hydrogen (secondary N) is 1. The van der Waals surface area contributed by atoms with Gasteiger partial charge < -0.3 is 15.1 Å². The van der Waals surface area contributed by atoms with E-state index < -0.39 is 9.84 Å². The molecule has 0 bridgehead atoms. The van der Waals surface area contributed by atoms with Gasteiger partial charge in [-0.05, 0) is 63.4 Å². The highest BCUT2D eigenvalue weighted by atomic mass is 35.5. The number of carbonyl (C=O) groups excluding carboxylic acids is 1. The van der Waals surface area contributed by atoms with Gasteiger partial charge in [-0.15, -0.1) is 24.8 Å². The number of nitrogens with zero attached hydrogens (tertiary/aromatic N) is 2. The van der Waals surface area contributed by atoms with Gasteiger partial charge in [0, 0.05) is 44.9 Å². The minimum atomic E-state index is -3.15. The Morgan fingerprint density at radius 1 is 1.10 bits per heavy atom. The number of benzene rings is 1. The second kappa shape index (κ2) is 15.1. The number of sulfone groups is 1. The molecule has 31 heavy (non-hydrogen) atoms. The molecule has 0 saturated carbocycles. The summed E-state index contributed by atoms with van der Waals surface area (Å²) in [6.07, 6.45) is 5.96. The molecular weight excluding hydrogens is 457 g/mol. The van der Waals surface area contributed by atoms with Crippen molar-refractivity contribution >= 4 is 40.6 Å². The van der Waals surface area contributed by atoms with Crippen LogP contribution in [0, 0.1) is 0 Å². The topological polar surface area (TPSA) is 69.7 Å². The predicted molar refractivity (Wildman–Crippen MR) is 132 cm³/mol. The second-order valence-corrected chi connectivity index (χ2v) is 10.1. The number of hydrogen-bond donors (Lipinski definition) is 1. The van der Waals surface area contributed by atoms with Gasteiger partial charge in [-0.3, -0.25) is 4.79 Å². The lowest BCUT2D eigenvalue weighted by atomic mass is 10.1. The molecular formula is C22H39Cl2N3O3S. The summed E-state index contributed by atoms with van der Waals surface area (Å²) in [5, 5.41) is 3.28. The molecule has 0 aromatic heterocycles. The lowest BCUT2D eigenvalue weighted by Gasteiger charge is -2.29. The number of hydrogen-bond acceptors (Lipinski definition) is 5. The van der Waals surface area contributed by atoms with Gasteiger partial charge in [-0.25, -0.2) is 8.42 Å². The summed E-state index contributed by atoms with van der Waals surface area (Å²) in [5.74, 6) is 0.270. The van der Waals surface area contributed by atoms with E-state index in [0.717, 1.165) is 70.5 Å². The van der Waals surface area contributed by atoms with Crippen LogP contribution in [0.5, 0.6) is 0 Å². The summed E-state index contributed by atoms with van der Waals surface area (Å²) in [4.78, 5) is 17.0. The van der Waals surface area contributed by atoms with Crippen LogP contribution < -0.4 is 5.32 Å². The first-order valence-electron chi connectivity index (χ1n) is 10.8. The molecule has 1 aliphatic heterocycles. The molecule has 1 amide bonds. The monoisotopic (exact) mass is 495 g/mol. The molecule has 2 rings (SSSR count). The van der Waals surface area contributed by atoms with Crippen molar-refractivity contribution in [1.29, 1.82) is 0 Å². The van der Waals surface area contributed by atoms with Crippen LogP contribution in [0.3, 0.4) is 0 Å². The minimum Gasteiger partial charge on any atom is -0.341 e. The number of unbranched alkanes of at least 4 members (excludes halogenated alkanes) is 1. The summed E-state index contributed by atoms with van der Waals surface area (Å²) in [6, 6.07) is 7.65. The molecule has 1 aromatic rings. The van der Waals surface area contributed by atoms with Crippen LogP contribution in [0.25, 0.3) is 0 Å². The van der Waals surface area contributed by atoms with Gasteiger partial charge in [0.1, 0.15) is 0 Å². The van der Waals surface area contributed by atoms with Crippen molar-refractivity contribution in [3.8, 4) is 0 Å². The largest absolute Gasteiger partial charge is 0.341 e. The van der Waals surface area contributed by atoms with Crippen molar-refractivity contribution in [3.63, 3.8) is 0 Å². The zero-order chi connectivity index (χ0) is 21.3. The van der Waals surface area contributed by atoms with Crippen LogP contribution in [0.2, 0.25) is 0 Å². The molecule has 1 atom stereocenters. The molecule has 0 radical (unpaired) electrons. The van der Waals surface area contributed by atoms with Crippen molar-refractivity contribution in [2.75, 3.05) is 45.5 Å². The Morgan fingerprint density at radius 3 is 2.39 bits per heavy atom. The molecule has 0 unspecified atom stereocenters. The summed E-state index contributed by atoms with van der Waals surface area (Å²) in [6.45, 7) is 9.86. The Morgan fingerprint density at radius 2 is 1.77 bits per heavy atom. The number of carbonyl (C=O) groups is 1. The molecule has 6 nitrogen and oxygen atoms in total. The molecule has 0 aliphatic carbocycles. The van der Waals surface area contributed by atoms with Crippen LogP contribution in [0.1, 0.15) is 45.1 Å². The summed E-state index contributed by atoms with van der Waals surface area (Å²) < 4.78 is 23.2. The second-order valence-electron chi connectivity index (χ2n) is 8.09. The van der Waals surface area contributed by atoms with E-state index in [9.17, 15) is 13.2 Å². The third-order valence-electron chi connectivity index (χ3n) is 5.57. The van der Waals surface area contributed by atoms with E-state index in [-0.39, 0.29) is 30.7 Å². The van der Waals surface area contributed by atoms with Crippen LogP contribution in [0.15, 0.2) is 29.2 Å². The van der Waals surface area contributed by atoms with Gasteiger partial charge >= 0.3 is 0 Å². The fourth-order valence-electron chi connectivity index (χ4n) is 3.85. The van der Waals surface area contributed by atoms with Gasteiger partial charge in [-0.1, -0.05) is 19.1 Å². The van der Waals surface area contributed by atoms with E-state index in [1.54, 1.807) is 12.1 Å². The van der Waals surface area contributed by atoms with Crippen LogP contribution in [0.4, 0.5) is 0 Å². The average molecular weight is 497 g/mol. The van der Waals surface area contributed by atoms with Gasteiger partial charge in [0.25, 0.3) is 0 Å². The third-order valence-corrected chi connectivity index (χ3v) is 6.70. The van der Waals surface area contributed by atoms with Crippen molar-refractivity contribution in [1.82, 2.24) is 15.1 Å². The van der Waals surface area contributed by atoms with E-state index in [4.69, 9.17) is 0 Å². The van der Waals surface area contributed by atoms with Crippen molar-refractivity contribution in [2.24, 2.45) is 0 Å². The van der Waals surface area contributed by atoms with Crippen LogP contribution in [-0.4, -0.2) is 75.7 Å². The van der Waals surface area contributed by atoms with Crippen LogP contribution >= 0.6 is 24.8 Å². The smallest absolute Gasteiger partial charge is 0.223 e. The van der Waals surface area contributed by atoms with E-state index in [1.807, 2.05) is 17.0 Å². The Bertz CT molecular complexity index is 745. The molecule has 180 valence electrons. The highest BCUT2D eigenvalue weighted by molar-refractivity contribution is 7.90.